The number of hydrogen-bond acceptors (Lipinski definition) is 3. The van der Waals surface area contributed by atoms with Gasteiger partial charge in [-0.05, 0) is 24.3 Å². The van der Waals surface area contributed by atoms with E-state index in [1.165, 1.54) is 17.0 Å². The lowest BCUT2D eigenvalue weighted by Crippen LogP contribution is -2.51. The van der Waals surface area contributed by atoms with E-state index in [2.05, 4.69) is 5.32 Å². The number of hydrogen-bond donors (Lipinski definition) is 1. The molecule has 1 atom stereocenters. The minimum atomic E-state index is -0.321. The molecule has 5 heteroatoms. The predicted molar refractivity (Wildman–Crippen MR) is 62.4 cm³/mol. The highest BCUT2D eigenvalue weighted by molar-refractivity contribution is 5.96. The Balaban J connectivity index is 2.05. The molecule has 92 valence electrons. The molecule has 1 amide bonds. The zero-order valence-corrected chi connectivity index (χ0v) is 9.65. The quantitative estimate of drug-likeness (QED) is 0.827. The van der Waals surface area contributed by atoms with E-state index < -0.39 is 0 Å². The van der Waals surface area contributed by atoms with Gasteiger partial charge in [-0.1, -0.05) is 0 Å². The fourth-order valence-corrected chi connectivity index (χ4v) is 1.75. The van der Waals surface area contributed by atoms with Crippen LogP contribution in [-0.4, -0.2) is 38.8 Å². The molecule has 0 aromatic heterocycles. The Kier molecular flexibility index (Phi) is 3.71. The fraction of sp³-hybridized carbons (Fsp3) is 0.417. The van der Waals surface area contributed by atoms with Gasteiger partial charge >= 0.3 is 0 Å². The summed E-state index contributed by atoms with van der Waals surface area (Å²) in [5.74, 6) is -0.384. The summed E-state index contributed by atoms with van der Waals surface area (Å²) in [5, 5.41) is 3.09. The van der Waals surface area contributed by atoms with Gasteiger partial charge in [0.2, 0.25) is 5.91 Å². The van der Waals surface area contributed by atoms with Crippen molar-refractivity contribution in [3.05, 3.63) is 30.1 Å². The number of carbonyl (C=O) groups excluding carboxylic acids is 1. The van der Waals surface area contributed by atoms with Gasteiger partial charge in [-0.25, -0.2) is 4.39 Å². The first-order valence-electron chi connectivity index (χ1n) is 5.53. The first-order valence-corrected chi connectivity index (χ1v) is 5.53. The fourth-order valence-electron chi connectivity index (χ4n) is 1.75. The molecule has 0 spiro atoms. The molecule has 1 N–H and O–H groups in total. The van der Waals surface area contributed by atoms with Crippen LogP contribution in [0.2, 0.25) is 0 Å². The van der Waals surface area contributed by atoms with E-state index in [0.29, 0.717) is 25.4 Å². The molecule has 1 aromatic rings. The smallest absolute Gasteiger partial charge is 0.246 e. The number of likely N-dealkylation sites (N-methyl/N-ethyl adjacent to an activating group) is 1. The van der Waals surface area contributed by atoms with Crippen LogP contribution in [0.15, 0.2) is 24.3 Å². The Morgan fingerprint density at radius 2 is 2.18 bits per heavy atom. The van der Waals surface area contributed by atoms with Crippen molar-refractivity contribution in [1.29, 1.82) is 0 Å². The Hall–Kier alpha value is -1.46. The van der Waals surface area contributed by atoms with Crippen molar-refractivity contribution in [2.45, 2.75) is 6.04 Å². The average molecular weight is 238 g/mol. The van der Waals surface area contributed by atoms with Gasteiger partial charge in [-0.2, -0.15) is 0 Å². The molecule has 0 bridgehead atoms. The van der Waals surface area contributed by atoms with E-state index in [1.807, 2.05) is 0 Å². The SMILES string of the molecule is CN(C(=O)C1COCCN1)c1ccc(F)cc1. The third-order valence-electron chi connectivity index (χ3n) is 2.76. The topological polar surface area (TPSA) is 41.6 Å². The highest BCUT2D eigenvalue weighted by Gasteiger charge is 2.24. The number of amides is 1. The molecule has 2 rings (SSSR count). The maximum atomic E-state index is 12.8. The second-order valence-corrected chi connectivity index (χ2v) is 3.96. The largest absolute Gasteiger partial charge is 0.378 e. The highest BCUT2D eigenvalue weighted by atomic mass is 19.1. The van der Waals surface area contributed by atoms with Crippen molar-refractivity contribution < 1.29 is 13.9 Å². The number of carbonyl (C=O) groups is 1. The van der Waals surface area contributed by atoms with Crippen LogP contribution in [0.1, 0.15) is 0 Å². The van der Waals surface area contributed by atoms with Crippen LogP contribution < -0.4 is 10.2 Å². The summed E-state index contributed by atoms with van der Waals surface area (Å²) in [4.78, 5) is 13.6. The number of halogens is 1. The van der Waals surface area contributed by atoms with E-state index in [9.17, 15) is 9.18 Å². The highest BCUT2D eigenvalue weighted by Crippen LogP contribution is 2.14. The zero-order chi connectivity index (χ0) is 12.3. The van der Waals surface area contributed by atoms with Crippen molar-refractivity contribution in [3.63, 3.8) is 0 Å². The summed E-state index contributed by atoms with van der Waals surface area (Å²) in [7, 11) is 1.67. The molecular weight excluding hydrogens is 223 g/mol. The van der Waals surface area contributed by atoms with Crippen LogP contribution in [-0.2, 0) is 9.53 Å². The molecule has 1 heterocycles. The van der Waals surface area contributed by atoms with Gasteiger partial charge in [-0.15, -0.1) is 0 Å². The van der Waals surface area contributed by atoms with Crippen LogP contribution >= 0.6 is 0 Å². The number of nitrogens with one attached hydrogen (secondary N) is 1. The van der Waals surface area contributed by atoms with Crippen LogP contribution in [0.5, 0.6) is 0 Å². The molecule has 0 saturated carbocycles. The van der Waals surface area contributed by atoms with Gasteiger partial charge in [-0.3, -0.25) is 4.79 Å². The molecule has 1 saturated heterocycles. The minimum absolute atomic E-state index is 0.0729. The van der Waals surface area contributed by atoms with Gasteiger partial charge in [0, 0.05) is 19.3 Å². The summed E-state index contributed by atoms with van der Waals surface area (Å²) in [6.07, 6.45) is 0. The summed E-state index contributed by atoms with van der Waals surface area (Å²) in [6.45, 7) is 1.68. The van der Waals surface area contributed by atoms with Crippen LogP contribution in [0, 0.1) is 5.82 Å². The molecule has 0 radical (unpaired) electrons. The maximum absolute atomic E-state index is 12.8. The maximum Gasteiger partial charge on any atom is 0.246 e. The standard InChI is InChI=1S/C12H15FN2O2/c1-15(10-4-2-9(13)3-5-10)12(16)11-8-17-7-6-14-11/h2-5,11,14H,6-8H2,1H3. The average Bonchev–Trinajstić information content (AvgIpc) is 2.39. The molecule has 1 aliphatic heterocycles. The Bertz CT molecular complexity index is 388. The molecule has 1 unspecified atom stereocenters. The predicted octanol–water partition coefficient (Wildman–Crippen LogP) is 0.777. The molecule has 0 aliphatic carbocycles. The van der Waals surface area contributed by atoms with Crippen molar-refractivity contribution in [2.24, 2.45) is 0 Å². The van der Waals surface area contributed by atoms with E-state index in [1.54, 1.807) is 19.2 Å². The number of anilines is 1. The number of rotatable bonds is 2. The lowest BCUT2D eigenvalue weighted by molar-refractivity contribution is -0.123. The Morgan fingerprint density at radius 1 is 1.47 bits per heavy atom. The van der Waals surface area contributed by atoms with Gasteiger partial charge in [0.1, 0.15) is 11.9 Å². The number of benzene rings is 1. The Labute approximate surface area is 99.4 Å². The van der Waals surface area contributed by atoms with Crippen LogP contribution in [0.4, 0.5) is 10.1 Å². The van der Waals surface area contributed by atoms with Crippen molar-refractivity contribution in [2.75, 3.05) is 31.7 Å². The lowest BCUT2D eigenvalue weighted by atomic mass is 10.2. The minimum Gasteiger partial charge on any atom is -0.378 e. The summed E-state index contributed by atoms with van der Waals surface area (Å²) >= 11 is 0. The number of ether oxygens (including phenoxy) is 1. The first-order chi connectivity index (χ1) is 8.18. The van der Waals surface area contributed by atoms with Gasteiger partial charge in [0.05, 0.1) is 13.2 Å². The van der Waals surface area contributed by atoms with Gasteiger partial charge in [0.25, 0.3) is 0 Å². The zero-order valence-electron chi connectivity index (χ0n) is 9.65. The summed E-state index contributed by atoms with van der Waals surface area (Å²) < 4.78 is 18.0. The summed E-state index contributed by atoms with van der Waals surface area (Å²) in [6, 6.07) is 5.51. The molecule has 1 aliphatic rings. The molecule has 1 aromatic carbocycles. The lowest BCUT2D eigenvalue weighted by Gasteiger charge is -2.27. The van der Waals surface area contributed by atoms with E-state index in [-0.39, 0.29) is 17.8 Å². The monoisotopic (exact) mass is 238 g/mol. The molecule has 4 nitrogen and oxygen atoms in total. The molecule has 17 heavy (non-hydrogen) atoms. The van der Waals surface area contributed by atoms with Crippen LogP contribution in [0.3, 0.4) is 0 Å². The van der Waals surface area contributed by atoms with Crippen molar-refractivity contribution >= 4 is 11.6 Å². The normalized spacial score (nSPS) is 20.0. The molecular formula is C12H15FN2O2. The third-order valence-corrected chi connectivity index (χ3v) is 2.76. The van der Waals surface area contributed by atoms with Crippen molar-refractivity contribution in [1.82, 2.24) is 5.32 Å². The third kappa shape index (κ3) is 2.81. The Morgan fingerprint density at radius 3 is 2.76 bits per heavy atom. The second-order valence-electron chi connectivity index (χ2n) is 3.96. The van der Waals surface area contributed by atoms with Crippen molar-refractivity contribution in [3.8, 4) is 0 Å². The van der Waals surface area contributed by atoms with E-state index in [4.69, 9.17) is 4.74 Å². The first kappa shape index (κ1) is 12.0. The van der Waals surface area contributed by atoms with E-state index >= 15 is 0 Å². The van der Waals surface area contributed by atoms with E-state index in [0.717, 1.165) is 0 Å². The molecule has 1 fully saturated rings. The van der Waals surface area contributed by atoms with Crippen LogP contribution in [0.25, 0.3) is 0 Å². The number of morpholine rings is 1. The van der Waals surface area contributed by atoms with Gasteiger partial charge < -0.3 is 15.0 Å². The second kappa shape index (κ2) is 5.25. The number of nitrogens with zero attached hydrogens (tertiary/aromatic N) is 1. The summed E-state index contributed by atoms with van der Waals surface area (Å²) in [5.41, 5.74) is 0.670. The van der Waals surface area contributed by atoms with Gasteiger partial charge in [0.15, 0.2) is 0 Å².